The average molecular weight is 238 g/mol. The van der Waals surface area contributed by atoms with Gasteiger partial charge in [0.25, 0.3) is 0 Å². The lowest BCUT2D eigenvalue weighted by Gasteiger charge is -2.35. The minimum Gasteiger partial charge on any atom is -0.396 e. The molecule has 2 rings (SSSR count). The minimum atomic E-state index is -0.0419. The van der Waals surface area contributed by atoms with Crippen molar-refractivity contribution in [2.24, 2.45) is 0 Å². The molecule has 0 atom stereocenters. The molecule has 0 unspecified atom stereocenters. The number of ether oxygens (including phenoxy) is 1. The SMILES string of the molecule is Cc1nn(C(C)(C)CN2CCOCC2)cc1N. The summed E-state index contributed by atoms with van der Waals surface area (Å²) in [4.78, 5) is 2.41. The van der Waals surface area contributed by atoms with Gasteiger partial charge in [0.2, 0.25) is 0 Å². The van der Waals surface area contributed by atoms with Gasteiger partial charge in [0.1, 0.15) is 0 Å². The quantitative estimate of drug-likeness (QED) is 0.848. The van der Waals surface area contributed by atoms with Crippen molar-refractivity contribution < 1.29 is 4.74 Å². The first-order valence-corrected chi connectivity index (χ1v) is 6.11. The molecule has 2 N–H and O–H groups in total. The van der Waals surface area contributed by atoms with E-state index in [2.05, 4.69) is 23.8 Å². The molecule has 0 aliphatic carbocycles. The van der Waals surface area contributed by atoms with E-state index in [9.17, 15) is 0 Å². The van der Waals surface area contributed by atoms with Crippen LogP contribution in [0.4, 0.5) is 5.69 Å². The molecule has 1 aromatic rings. The normalized spacial score (nSPS) is 18.5. The zero-order valence-electron chi connectivity index (χ0n) is 10.9. The molecule has 1 aliphatic heterocycles. The molecule has 17 heavy (non-hydrogen) atoms. The number of aromatic nitrogens is 2. The number of hydrogen-bond acceptors (Lipinski definition) is 4. The summed E-state index contributed by atoms with van der Waals surface area (Å²) < 4.78 is 7.34. The maximum Gasteiger partial charge on any atom is 0.0823 e. The van der Waals surface area contributed by atoms with Crippen LogP contribution in [0.1, 0.15) is 19.5 Å². The van der Waals surface area contributed by atoms with Gasteiger partial charge in [-0.1, -0.05) is 0 Å². The highest BCUT2D eigenvalue weighted by molar-refractivity contribution is 5.39. The van der Waals surface area contributed by atoms with Crippen molar-refractivity contribution in [3.8, 4) is 0 Å². The van der Waals surface area contributed by atoms with E-state index in [4.69, 9.17) is 10.5 Å². The Labute approximate surface area is 103 Å². The summed E-state index contributed by atoms with van der Waals surface area (Å²) in [5, 5.41) is 4.48. The smallest absolute Gasteiger partial charge is 0.0823 e. The lowest BCUT2D eigenvalue weighted by Crippen LogP contribution is -2.46. The summed E-state index contributed by atoms with van der Waals surface area (Å²) >= 11 is 0. The Bertz CT molecular complexity index is 360. The van der Waals surface area contributed by atoms with Crippen molar-refractivity contribution in [3.63, 3.8) is 0 Å². The van der Waals surface area contributed by atoms with Crippen LogP contribution in [-0.2, 0) is 10.3 Å². The molecule has 96 valence electrons. The Balaban J connectivity index is 2.06. The Hall–Kier alpha value is -1.07. The molecule has 0 bridgehead atoms. The third-order valence-corrected chi connectivity index (χ3v) is 3.27. The lowest BCUT2D eigenvalue weighted by atomic mass is 10.1. The van der Waals surface area contributed by atoms with Crippen LogP contribution in [0.15, 0.2) is 6.20 Å². The van der Waals surface area contributed by atoms with E-state index in [1.165, 1.54) is 0 Å². The van der Waals surface area contributed by atoms with Crippen LogP contribution in [0.5, 0.6) is 0 Å². The van der Waals surface area contributed by atoms with Crippen LogP contribution in [0.25, 0.3) is 0 Å². The maximum atomic E-state index is 5.85. The molecule has 2 heterocycles. The molecule has 0 saturated carbocycles. The summed E-state index contributed by atoms with van der Waals surface area (Å²) in [7, 11) is 0. The van der Waals surface area contributed by atoms with Crippen LogP contribution < -0.4 is 5.73 Å². The van der Waals surface area contributed by atoms with E-state index in [1.54, 1.807) is 0 Å². The van der Waals surface area contributed by atoms with Gasteiger partial charge in [-0.3, -0.25) is 9.58 Å². The van der Waals surface area contributed by atoms with E-state index in [1.807, 2.05) is 17.8 Å². The number of morpholine rings is 1. The summed E-state index contributed by atoms with van der Waals surface area (Å²) in [6, 6.07) is 0. The van der Waals surface area contributed by atoms with Crippen LogP contribution in [0.3, 0.4) is 0 Å². The first-order valence-electron chi connectivity index (χ1n) is 6.11. The van der Waals surface area contributed by atoms with Crippen LogP contribution in [0, 0.1) is 6.92 Å². The zero-order chi connectivity index (χ0) is 12.5. The third-order valence-electron chi connectivity index (χ3n) is 3.27. The molecular weight excluding hydrogens is 216 g/mol. The largest absolute Gasteiger partial charge is 0.396 e. The molecule has 5 heteroatoms. The molecule has 1 fully saturated rings. The lowest BCUT2D eigenvalue weighted by molar-refractivity contribution is 0.0213. The van der Waals surface area contributed by atoms with E-state index < -0.39 is 0 Å². The van der Waals surface area contributed by atoms with Gasteiger partial charge in [0.05, 0.1) is 30.1 Å². The number of nitrogens with two attached hydrogens (primary N) is 1. The highest BCUT2D eigenvalue weighted by Gasteiger charge is 2.26. The van der Waals surface area contributed by atoms with Crippen molar-refractivity contribution in [1.29, 1.82) is 0 Å². The van der Waals surface area contributed by atoms with Gasteiger partial charge in [-0.15, -0.1) is 0 Å². The van der Waals surface area contributed by atoms with E-state index in [-0.39, 0.29) is 5.54 Å². The first kappa shape index (κ1) is 12.4. The summed E-state index contributed by atoms with van der Waals surface area (Å²) in [5.74, 6) is 0. The molecular formula is C12H22N4O. The number of rotatable bonds is 3. The van der Waals surface area contributed by atoms with E-state index in [0.717, 1.165) is 44.2 Å². The fourth-order valence-corrected chi connectivity index (χ4v) is 2.16. The topological polar surface area (TPSA) is 56.3 Å². The van der Waals surface area contributed by atoms with Gasteiger partial charge in [-0.05, 0) is 20.8 Å². The maximum absolute atomic E-state index is 5.85. The summed E-state index contributed by atoms with van der Waals surface area (Å²) in [6.07, 6.45) is 1.93. The minimum absolute atomic E-state index is 0.0419. The number of anilines is 1. The molecule has 1 saturated heterocycles. The molecule has 0 radical (unpaired) electrons. The molecule has 0 aromatic carbocycles. The van der Waals surface area contributed by atoms with Gasteiger partial charge in [0, 0.05) is 25.8 Å². The molecule has 0 amide bonds. The fourth-order valence-electron chi connectivity index (χ4n) is 2.16. The van der Waals surface area contributed by atoms with Gasteiger partial charge in [-0.2, -0.15) is 5.10 Å². The Morgan fingerprint density at radius 2 is 2.06 bits per heavy atom. The van der Waals surface area contributed by atoms with Gasteiger partial charge in [0.15, 0.2) is 0 Å². The molecule has 5 nitrogen and oxygen atoms in total. The molecule has 1 aliphatic rings. The van der Waals surface area contributed by atoms with Crippen molar-refractivity contribution in [1.82, 2.24) is 14.7 Å². The van der Waals surface area contributed by atoms with E-state index >= 15 is 0 Å². The van der Waals surface area contributed by atoms with Crippen molar-refractivity contribution in [2.75, 3.05) is 38.6 Å². The summed E-state index contributed by atoms with van der Waals surface area (Å²) in [6.45, 7) is 10.9. The monoisotopic (exact) mass is 238 g/mol. The number of aryl methyl sites for hydroxylation is 1. The predicted molar refractivity (Wildman–Crippen MR) is 68.0 cm³/mol. The standard InChI is InChI=1S/C12H22N4O/c1-10-11(13)8-16(14-10)12(2,3)9-15-4-6-17-7-5-15/h8H,4-7,9,13H2,1-3H3. The second-order valence-electron chi connectivity index (χ2n) is 5.32. The molecule has 1 aromatic heterocycles. The van der Waals surface area contributed by atoms with Crippen LogP contribution in [-0.4, -0.2) is 47.5 Å². The highest BCUT2D eigenvalue weighted by Crippen LogP contribution is 2.20. The Kier molecular flexibility index (Phi) is 3.40. The molecule has 0 spiro atoms. The average Bonchev–Trinajstić information content (AvgIpc) is 2.61. The Morgan fingerprint density at radius 3 is 2.59 bits per heavy atom. The number of nitrogens with zero attached hydrogens (tertiary/aromatic N) is 3. The second-order valence-corrected chi connectivity index (χ2v) is 5.32. The van der Waals surface area contributed by atoms with Gasteiger partial charge in [-0.25, -0.2) is 0 Å². The highest BCUT2D eigenvalue weighted by atomic mass is 16.5. The number of hydrogen-bond donors (Lipinski definition) is 1. The predicted octanol–water partition coefficient (Wildman–Crippen LogP) is 0.841. The summed E-state index contributed by atoms with van der Waals surface area (Å²) in [5.41, 5.74) is 7.48. The van der Waals surface area contributed by atoms with Crippen molar-refractivity contribution >= 4 is 5.69 Å². The van der Waals surface area contributed by atoms with Gasteiger partial charge < -0.3 is 10.5 Å². The Morgan fingerprint density at radius 1 is 1.41 bits per heavy atom. The second kappa shape index (κ2) is 4.66. The fraction of sp³-hybridized carbons (Fsp3) is 0.750. The van der Waals surface area contributed by atoms with Gasteiger partial charge >= 0.3 is 0 Å². The third kappa shape index (κ3) is 2.79. The van der Waals surface area contributed by atoms with Crippen LogP contribution >= 0.6 is 0 Å². The van der Waals surface area contributed by atoms with Crippen molar-refractivity contribution in [3.05, 3.63) is 11.9 Å². The zero-order valence-corrected chi connectivity index (χ0v) is 10.9. The van der Waals surface area contributed by atoms with Crippen LogP contribution in [0.2, 0.25) is 0 Å². The van der Waals surface area contributed by atoms with E-state index in [0.29, 0.717) is 0 Å². The number of nitrogen functional groups attached to an aromatic ring is 1. The first-order chi connectivity index (χ1) is 7.99. The van der Waals surface area contributed by atoms with Crippen molar-refractivity contribution in [2.45, 2.75) is 26.3 Å².